The van der Waals surface area contributed by atoms with Gasteiger partial charge in [-0.15, -0.1) is 0 Å². The van der Waals surface area contributed by atoms with E-state index in [1.54, 1.807) is 6.33 Å². The molecule has 90 valence electrons. The van der Waals surface area contributed by atoms with Crippen LogP contribution in [0, 0.1) is 0 Å². The first-order chi connectivity index (χ1) is 8.29. The number of hydrogen-bond acceptors (Lipinski definition) is 6. The fraction of sp³-hybridized carbons (Fsp3) is 0.500. The van der Waals surface area contributed by atoms with Crippen molar-refractivity contribution in [1.82, 2.24) is 19.5 Å². The number of nitrogen functional groups attached to an aromatic ring is 1. The van der Waals surface area contributed by atoms with Crippen LogP contribution in [0.25, 0.3) is 11.2 Å². The molecule has 1 aliphatic heterocycles. The lowest BCUT2D eigenvalue weighted by atomic mass is 10.2. The molecule has 0 spiro atoms. The van der Waals surface area contributed by atoms with E-state index in [0.29, 0.717) is 17.0 Å². The number of rotatable bonds is 2. The number of aliphatic hydroxyl groups excluding tert-OH is 1. The molecular formula is C10H13N5O2. The lowest BCUT2D eigenvalue weighted by Crippen LogP contribution is -2.14. The molecule has 7 nitrogen and oxygen atoms in total. The molecular weight excluding hydrogens is 222 g/mol. The Balaban J connectivity index is 1.99. The zero-order valence-electron chi connectivity index (χ0n) is 9.15. The summed E-state index contributed by atoms with van der Waals surface area (Å²) in [4.78, 5) is 12.2. The zero-order valence-corrected chi connectivity index (χ0v) is 9.15. The van der Waals surface area contributed by atoms with E-state index < -0.39 is 0 Å². The van der Waals surface area contributed by atoms with E-state index in [1.165, 1.54) is 6.33 Å². The monoisotopic (exact) mass is 235 g/mol. The molecule has 0 saturated carbocycles. The van der Waals surface area contributed by atoms with Crippen LogP contribution in [0.5, 0.6) is 0 Å². The standard InChI is InChI=1S/C10H13N5O2/c11-9-8-10(13-4-12-9)15(5-14-8)7-2-1-6(3-16)17-7/h4-7,16H,1-3H2,(H2,11,12,13). The second kappa shape index (κ2) is 3.94. The summed E-state index contributed by atoms with van der Waals surface area (Å²) in [5.41, 5.74) is 6.97. The van der Waals surface area contributed by atoms with E-state index in [-0.39, 0.29) is 18.9 Å². The van der Waals surface area contributed by atoms with Crippen molar-refractivity contribution >= 4 is 17.0 Å². The third-order valence-electron chi connectivity index (χ3n) is 2.99. The highest BCUT2D eigenvalue weighted by molar-refractivity contribution is 5.81. The summed E-state index contributed by atoms with van der Waals surface area (Å²) >= 11 is 0. The maximum atomic E-state index is 9.04. The fourth-order valence-electron chi connectivity index (χ4n) is 2.11. The summed E-state index contributed by atoms with van der Waals surface area (Å²) in [5.74, 6) is 0.366. The Morgan fingerprint density at radius 3 is 3.06 bits per heavy atom. The molecule has 0 bridgehead atoms. The predicted molar refractivity (Wildman–Crippen MR) is 60.0 cm³/mol. The molecule has 0 amide bonds. The molecule has 1 aliphatic rings. The second-order valence-electron chi connectivity index (χ2n) is 4.06. The van der Waals surface area contributed by atoms with E-state index >= 15 is 0 Å². The number of aliphatic hydroxyl groups is 1. The minimum Gasteiger partial charge on any atom is -0.394 e. The highest BCUT2D eigenvalue weighted by Gasteiger charge is 2.27. The molecule has 0 radical (unpaired) electrons. The van der Waals surface area contributed by atoms with Crippen molar-refractivity contribution in [3.05, 3.63) is 12.7 Å². The Kier molecular flexibility index (Phi) is 2.41. The normalized spacial score (nSPS) is 24.5. The van der Waals surface area contributed by atoms with Crippen molar-refractivity contribution in [3.8, 4) is 0 Å². The van der Waals surface area contributed by atoms with Gasteiger partial charge in [0.05, 0.1) is 19.0 Å². The van der Waals surface area contributed by atoms with Crippen molar-refractivity contribution in [1.29, 1.82) is 0 Å². The number of hydrogen-bond donors (Lipinski definition) is 2. The molecule has 7 heteroatoms. The minimum absolute atomic E-state index is 0.0419. The van der Waals surface area contributed by atoms with E-state index in [0.717, 1.165) is 12.8 Å². The van der Waals surface area contributed by atoms with Crippen LogP contribution in [0.2, 0.25) is 0 Å². The van der Waals surface area contributed by atoms with Crippen LogP contribution in [0.1, 0.15) is 19.1 Å². The van der Waals surface area contributed by atoms with Gasteiger partial charge in [-0.1, -0.05) is 0 Å². The maximum Gasteiger partial charge on any atom is 0.167 e. The molecule has 0 aromatic carbocycles. The number of fused-ring (bicyclic) bond motifs is 1. The van der Waals surface area contributed by atoms with Gasteiger partial charge in [-0.25, -0.2) is 15.0 Å². The minimum atomic E-state index is -0.133. The number of ether oxygens (including phenoxy) is 1. The van der Waals surface area contributed by atoms with Crippen molar-refractivity contribution < 1.29 is 9.84 Å². The maximum absolute atomic E-state index is 9.04. The van der Waals surface area contributed by atoms with Crippen LogP contribution in [0.3, 0.4) is 0 Å². The number of imidazole rings is 1. The van der Waals surface area contributed by atoms with Gasteiger partial charge < -0.3 is 15.6 Å². The third kappa shape index (κ3) is 1.63. The first kappa shape index (κ1) is 10.4. The van der Waals surface area contributed by atoms with E-state index in [4.69, 9.17) is 15.6 Å². The van der Waals surface area contributed by atoms with E-state index in [9.17, 15) is 0 Å². The van der Waals surface area contributed by atoms with Gasteiger partial charge in [0, 0.05) is 0 Å². The van der Waals surface area contributed by atoms with Crippen LogP contribution < -0.4 is 5.73 Å². The summed E-state index contributed by atoms with van der Waals surface area (Å²) in [6, 6.07) is 0. The molecule has 0 aliphatic carbocycles. The highest BCUT2D eigenvalue weighted by Crippen LogP contribution is 2.30. The molecule has 3 rings (SSSR count). The molecule has 2 aromatic rings. The largest absolute Gasteiger partial charge is 0.394 e. The van der Waals surface area contributed by atoms with Crippen molar-refractivity contribution in [2.75, 3.05) is 12.3 Å². The smallest absolute Gasteiger partial charge is 0.167 e. The molecule has 1 fully saturated rings. The lowest BCUT2D eigenvalue weighted by Gasteiger charge is -2.13. The molecule has 1 saturated heterocycles. The third-order valence-corrected chi connectivity index (χ3v) is 2.99. The number of nitrogens with zero attached hydrogens (tertiary/aromatic N) is 4. The number of aromatic nitrogens is 4. The summed E-state index contributed by atoms with van der Waals surface area (Å²) in [6.45, 7) is 0.0419. The Morgan fingerprint density at radius 2 is 2.29 bits per heavy atom. The quantitative estimate of drug-likeness (QED) is 0.764. The van der Waals surface area contributed by atoms with E-state index in [1.807, 2.05) is 4.57 Å². The van der Waals surface area contributed by atoms with Gasteiger partial charge >= 0.3 is 0 Å². The van der Waals surface area contributed by atoms with Crippen molar-refractivity contribution in [2.24, 2.45) is 0 Å². The van der Waals surface area contributed by atoms with E-state index in [2.05, 4.69) is 15.0 Å². The predicted octanol–water partition coefficient (Wildman–Crippen LogP) is 0.0784. The molecule has 2 unspecified atom stereocenters. The van der Waals surface area contributed by atoms with Crippen LogP contribution in [0.4, 0.5) is 5.82 Å². The Bertz CT molecular complexity index is 540. The van der Waals surface area contributed by atoms with Crippen molar-refractivity contribution in [3.63, 3.8) is 0 Å². The topological polar surface area (TPSA) is 99.1 Å². The molecule has 2 aromatic heterocycles. The van der Waals surface area contributed by atoms with Crippen LogP contribution >= 0.6 is 0 Å². The Labute approximate surface area is 97.3 Å². The van der Waals surface area contributed by atoms with Gasteiger partial charge in [0.15, 0.2) is 11.5 Å². The average molecular weight is 235 g/mol. The van der Waals surface area contributed by atoms with Gasteiger partial charge in [-0.05, 0) is 12.8 Å². The highest BCUT2D eigenvalue weighted by atomic mass is 16.5. The second-order valence-corrected chi connectivity index (χ2v) is 4.06. The first-order valence-corrected chi connectivity index (χ1v) is 5.49. The number of nitrogens with two attached hydrogens (primary N) is 1. The molecule has 3 N–H and O–H groups in total. The molecule has 2 atom stereocenters. The Hall–Kier alpha value is -1.73. The van der Waals surface area contributed by atoms with Crippen LogP contribution in [-0.4, -0.2) is 37.3 Å². The zero-order chi connectivity index (χ0) is 11.8. The average Bonchev–Trinajstić information content (AvgIpc) is 2.94. The summed E-state index contributed by atoms with van der Waals surface area (Å²) in [7, 11) is 0. The molecule has 3 heterocycles. The Morgan fingerprint density at radius 1 is 1.41 bits per heavy atom. The first-order valence-electron chi connectivity index (χ1n) is 5.49. The van der Waals surface area contributed by atoms with Gasteiger partial charge in [-0.2, -0.15) is 0 Å². The summed E-state index contributed by atoms with van der Waals surface area (Å²) in [6.07, 6.45) is 4.50. The number of anilines is 1. The lowest BCUT2D eigenvalue weighted by molar-refractivity contribution is -0.0207. The van der Waals surface area contributed by atoms with Gasteiger partial charge in [0.25, 0.3) is 0 Å². The van der Waals surface area contributed by atoms with Gasteiger partial charge in [-0.3, -0.25) is 4.57 Å². The molecule has 17 heavy (non-hydrogen) atoms. The van der Waals surface area contributed by atoms with Crippen molar-refractivity contribution in [2.45, 2.75) is 25.2 Å². The fourth-order valence-corrected chi connectivity index (χ4v) is 2.11. The van der Waals surface area contributed by atoms with Gasteiger partial charge in [0.1, 0.15) is 18.1 Å². The van der Waals surface area contributed by atoms with Crippen LogP contribution in [-0.2, 0) is 4.74 Å². The SMILES string of the molecule is Nc1ncnc2c1ncn2C1CCC(CO)O1. The summed E-state index contributed by atoms with van der Waals surface area (Å²) in [5, 5.41) is 9.04. The summed E-state index contributed by atoms with van der Waals surface area (Å²) < 4.78 is 7.51. The van der Waals surface area contributed by atoms with Gasteiger partial charge in [0.2, 0.25) is 0 Å². The van der Waals surface area contributed by atoms with Crippen LogP contribution in [0.15, 0.2) is 12.7 Å².